The SMILES string of the molecule is N#C/C(=C\c1cccn1-c1ccc(Br)cc1)c1nc2ccccc2[nH]1. The second kappa shape index (κ2) is 6.42. The van der Waals surface area contributed by atoms with Gasteiger partial charge in [-0.25, -0.2) is 4.98 Å². The van der Waals surface area contributed by atoms with Crippen molar-refractivity contribution in [2.75, 3.05) is 0 Å². The second-order valence-electron chi connectivity index (χ2n) is 5.55. The molecule has 0 fully saturated rings. The van der Waals surface area contributed by atoms with E-state index in [-0.39, 0.29) is 0 Å². The Morgan fingerprint density at radius 1 is 1.08 bits per heavy atom. The molecule has 0 atom stereocenters. The first-order valence-corrected chi connectivity index (χ1v) is 8.54. The lowest BCUT2D eigenvalue weighted by molar-refractivity contribution is 1.06. The molecule has 1 N–H and O–H groups in total. The van der Waals surface area contributed by atoms with Crippen LogP contribution < -0.4 is 0 Å². The van der Waals surface area contributed by atoms with Gasteiger partial charge in [-0.15, -0.1) is 0 Å². The predicted molar refractivity (Wildman–Crippen MR) is 103 cm³/mol. The Labute approximate surface area is 153 Å². The van der Waals surface area contributed by atoms with Crippen molar-refractivity contribution in [2.45, 2.75) is 0 Å². The van der Waals surface area contributed by atoms with Crippen molar-refractivity contribution in [3.63, 3.8) is 0 Å². The van der Waals surface area contributed by atoms with Gasteiger partial charge in [0.1, 0.15) is 11.9 Å². The molecular formula is C20H13BrN4. The fraction of sp³-hybridized carbons (Fsp3) is 0. The maximum atomic E-state index is 9.61. The third-order valence-electron chi connectivity index (χ3n) is 3.94. The molecular weight excluding hydrogens is 376 g/mol. The molecule has 0 saturated carbocycles. The molecule has 0 radical (unpaired) electrons. The maximum absolute atomic E-state index is 9.61. The van der Waals surface area contributed by atoms with Gasteiger partial charge >= 0.3 is 0 Å². The van der Waals surface area contributed by atoms with E-state index in [0.717, 1.165) is 26.9 Å². The Morgan fingerprint density at radius 2 is 1.88 bits per heavy atom. The highest BCUT2D eigenvalue weighted by Crippen LogP contribution is 2.22. The van der Waals surface area contributed by atoms with E-state index in [1.807, 2.05) is 77.5 Å². The largest absolute Gasteiger partial charge is 0.337 e. The van der Waals surface area contributed by atoms with Gasteiger partial charge in [-0.2, -0.15) is 5.26 Å². The summed E-state index contributed by atoms with van der Waals surface area (Å²) in [7, 11) is 0. The van der Waals surface area contributed by atoms with Gasteiger partial charge < -0.3 is 9.55 Å². The van der Waals surface area contributed by atoms with Crippen LogP contribution in [0.5, 0.6) is 0 Å². The van der Waals surface area contributed by atoms with E-state index in [1.54, 1.807) is 0 Å². The number of rotatable bonds is 3. The van der Waals surface area contributed by atoms with E-state index in [2.05, 4.69) is 32.0 Å². The molecule has 0 aliphatic rings. The number of nitrogens with zero attached hydrogens (tertiary/aromatic N) is 3. The van der Waals surface area contributed by atoms with Crippen molar-refractivity contribution in [3.8, 4) is 11.8 Å². The number of halogens is 1. The summed E-state index contributed by atoms with van der Waals surface area (Å²) in [5.74, 6) is 0.576. The summed E-state index contributed by atoms with van der Waals surface area (Å²) in [6.07, 6.45) is 3.82. The summed E-state index contributed by atoms with van der Waals surface area (Å²) in [5, 5.41) is 9.61. The van der Waals surface area contributed by atoms with Crippen LogP contribution in [0.1, 0.15) is 11.5 Å². The summed E-state index contributed by atoms with van der Waals surface area (Å²) < 4.78 is 3.06. The Kier molecular flexibility index (Phi) is 3.96. The number of para-hydroxylation sites is 2. The highest BCUT2D eigenvalue weighted by molar-refractivity contribution is 9.10. The molecule has 4 rings (SSSR count). The van der Waals surface area contributed by atoms with Crippen molar-refractivity contribution >= 4 is 38.6 Å². The first-order chi connectivity index (χ1) is 12.2. The van der Waals surface area contributed by atoms with Gasteiger partial charge in [0.05, 0.1) is 16.6 Å². The minimum atomic E-state index is 0.494. The van der Waals surface area contributed by atoms with Gasteiger partial charge in [0.25, 0.3) is 0 Å². The monoisotopic (exact) mass is 388 g/mol. The number of aromatic nitrogens is 3. The van der Waals surface area contributed by atoms with Crippen LogP contribution in [-0.2, 0) is 0 Å². The van der Waals surface area contributed by atoms with Crippen LogP contribution in [0, 0.1) is 11.3 Å². The minimum absolute atomic E-state index is 0.494. The predicted octanol–water partition coefficient (Wildman–Crippen LogP) is 5.18. The summed E-state index contributed by atoms with van der Waals surface area (Å²) in [6.45, 7) is 0. The van der Waals surface area contributed by atoms with Gasteiger partial charge in [0.15, 0.2) is 0 Å². The number of H-pyrrole nitrogens is 1. The van der Waals surface area contributed by atoms with Gasteiger partial charge in [0, 0.05) is 22.1 Å². The van der Waals surface area contributed by atoms with Gasteiger partial charge in [-0.1, -0.05) is 28.1 Å². The second-order valence-corrected chi connectivity index (χ2v) is 6.47. The van der Waals surface area contributed by atoms with Crippen molar-refractivity contribution in [1.82, 2.24) is 14.5 Å². The van der Waals surface area contributed by atoms with Gasteiger partial charge in [0.2, 0.25) is 0 Å². The first kappa shape index (κ1) is 15.4. The molecule has 0 amide bonds. The van der Waals surface area contributed by atoms with Crippen molar-refractivity contribution in [2.24, 2.45) is 0 Å². The fourth-order valence-corrected chi connectivity index (χ4v) is 2.99. The van der Waals surface area contributed by atoms with Crippen molar-refractivity contribution < 1.29 is 0 Å². The Balaban J connectivity index is 1.78. The normalized spacial score (nSPS) is 11.6. The number of imidazole rings is 1. The molecule has 0 aliphatic heterocycles. The lowest BCUT2D eigenvalue weighted by Gasteiger charge is -2.07. The smallest absolute Gasteiger partial charge is 0.149 e. The Bertz CT molecular complexity index is 1080. The average Bonchev–Trinajstić information content (AvgIpc) is 3.26. The van der Waals surface area contributed by atoms with Crippen LogP contribution in [0.15, 0.2) is 71.3 Å². The highest BCUT2D eigenvalue weighted by atomic mass is 79.9. The van der Waals surface area contributed by atoms with Gasteiger partial charge in [-0.05, 0) is 54.6 Å². The van der Waals surface area contributed by atoms with Crippen LogP contribution in [-0.4, -0.2) is 14.5 Å². The number of aromatic amines is 1. The van der Waals surface area contributed by atoms with E-state index in [4.69, 9.17) is 0 Å². The third kappa shape index (κ3) is 3.00. The number of hydrogen-bond donors (Lipinski definition) is 1. The molecule has 5 heteroatoms. The van der Waals surface area contributed by atoms with E-state index in [0.29, 0.717) is 11.4 Å². The van der Waals surface area contributed by atoms with Crippen LogP contribution in [0.3, 0.4) is 0 Å². The molecule has 2 aromatic carbocycles. The number of fused-ring (bicyclic) bond motifs is 1. The minimum Gasteiger partial charge on any atom is -0.337 e. The molecule has 25 heavy (non-hydrogen) atoms. The molecule has 0 aliphatic carbocycles. The average molecular weight is 389 g/mol. The zero-order chi connectivity index (χ0) is 17.2. The molecule has 4 nitrogen and oxygen atoms in total. The van der Waals surface area contributed by atoms with Gasteiger partial charge in [-0.3, -0.25) is 0 Å². The van der Waals surface area contributed by atoms with Crippen LogP contribution >= 0.6 is 15.9 Å². The standard InChI is InChI=1S/C20H13BrN4/c21-15-7-9-16(10-8-15)25-11-3-4-17(25)12-14(13-22)20-23-18-5-1-2-6-19(18)24-20/h1-12H,(H,23,24)/b14-12+. The zero-order valence-corrected chi connectivity index (χ0v) is 14.7. The lowest BCUT2D eigenvalue weighted by Crippen LogP contribution is -1.95. The van der Waals surface area contributed by atoms with Crippen molar-refractivity contribution in [1.29, 1.82) is 5.26 Å². The molecule has 0 saturated heterocycles. The molecule has 0 spiro atoms. The van der Waals surface area contributed by atoms with Crippen LogP contribution in [0.4, 0.5) is 0 Å². The number of allylic oxidation sites excluding steroid dienone is 1. The van der Waals surface area contributed by atoms with E-state index < -0.39 is 0 Å². The summed E-state index contributed by atoms with van der Waals surface area (Å²) in [4.78, 5) is 7.73. The summed E-state index contributed by atoms with van der Waals surface area (Å²) in [5.41, 5.74) is 4.21. The first-order valence-electron chi connectivity index (χ1n) is 7.75. The van der Waals surface area contributed by atoms with E-state index in [1.165, 1.54) is 0 Å². The number of nitrogens with one attached hydrogen (secondary N) is 1. The number of hydrogen-bond acceptors (Lipinski definition) is 2. The zero-order valence-electron chi connectivity index (χ0n) is 13.1. The number of nitriles is 1. The molecule has 0 unspecified atom stereocenters. The van der Waals surface area contributed by atoms with Crippen LogP contribution in [0.25, 0.3) is 28.4 Å². The highest BCUT2D eigenvalue weighted by Gasteiger charge is 2.09. The van der Waals surface area contributed by atoms with E-state index in [9.17, 15) is 5.26 Å². The molecule has 0 bridgehead atoms. The molecule has 4 aromatic rings. The molecule has 2 aromatic heterocycles. The summed E-state index contributed by atoms with van der Waals surface area (Å²) >= 11 is 3.45. The Morgan fingerprint density at radius 3 is 2.64 bits per heavy atom. The summed E-state index contributed by atoms with van der Waals surface area (Å²) in [6, 6.07) is 22.0. The Hall–Kier alpha value is -3.10. The fourth-order valence-electron chi connectivity index (χ4n) is 2.73. The molecule has 2 heterocycles. The lowest BCUT2D eigenvalue weighted by atomic mass is 10.2. The van der Waals surface area contributed by atoms with Crippen molar-refractivity contribution in [3.05, 3.63) is 82.9 Å². The quantitative estimate of drug-likeness (QED) is 0.491. The third-order valence-corrected chi connectivity index (χ3v) is 4.47. The number of benzene rings is 2. The van der Waals surface area contributed by atoms with Crippen LogP contribution in [0.2, 0.25) is 0 Å². The van der Waals surface area contributed by atoms with E-state index >= 15 is 0 Å². The molecule has 120 valence electrons. The maximum Gasteiger partial charge on any atom is 0.149 e. The topological polar surface area (TPSA) is 57.4 Å².